The minimum absolute atomic E-state index is 0. The van der Waals surface area contributed by atoms with E-state index >= 15 is 0 Å². The highest BCUT2D eigenvalue weighted by molar-refractivity contribution is 5.85. The van der Waals surface area contributed by atoms with Crippen LogP contribution in [0.5, 0.6) is 0 Å². The van der Waals surface area contributed by atoms with Crippen LogP contribution >= 0.6 is 0 Å². The molecule has 1 spiro atoms. The van der Waals surface area contributed by atoms with E-state index < -0.39 is 22.4 Å². The van der Waals surface area contributed by atoms with Gasteiger partial charge < -0.3 is 78.1 Å². The molecule has 9 N–H and O–H groups in total. The van der Waals surface area contributed by atoms with Crippen molar-refractivity contribution < 1.29 is 97.3 Å². The number of carbonyl (C=O) groups is 4. The van der Waals surface area contributed by atoms with Crippen LogP contribution in [0.4, 0.5) is 0 Å². The monoisotopic (exact) mass is 763 g/mol. The smallest absolute Gasteiger partial charge is 0.367 e. The number of Topliss-reactive ketones (excluding diaryl/α,β-unsaturated/α-hetero) is 1. The SMILES string of the molecule is CCCOC(=O)C1([NH3+])CCC(=O)CC1.CCCOC(=O)C1([NH3+])CCC(C)(C)CC1.CCCOC(=O)C1([NH3+])CCC2(CC1)OCCO2.[Cl-].[Cl-].[Cl-]. The maximum atomic E-state index is 11.9. The van der Waals surface area contributed by atoms with E-state index in [1.165, 1.54) is 0 Å². The van der Waals surface area contributed by atoms with E-state index in [9.17, 15) is 19.2 Å². The summed E-state index contributed by atoms with van der Waals surface area (Å²) >= 11 is 0. The largest absolute Gasteiger partial charge is 1.00 e. The predicted octanol–water partition coefficient (Wildman–Crippen LogP) is -7.17. The number of rotatable bonds is 9. The molecular weight excluding hydrogens is 701 g/mol. The van der Waals surface area contributed by atoms with Crippen LogP contribution in [-0.4, -0.2) is 79.1 Å². The molecule has 0 bridgehead atoms. The number of ether oxygens (including phenoxy) is 5. The molecule has 15 heteroatoms. The van der Waals surface area contributed by atoms with Crippen molar-refractivity contribution >= 4 is 23.7 Å². The molecular formula is C34H64Cl3N3O9. The molecule has 0 atom stereocenters. The number of carbonyl (C=O) groups excluding carboxylic acids is 4. The van der Waals surface area contributed by atoms with Crippen LogP contribution < -0.4 is 54.4 Å². The molecule has 0 amide bonds. The first-order valence-electron chi connectivity index (χ1n) is 17.5. The summed E-state index contributed by atoms with van der Waals surface area (Å²) in [5.74, 6) is -0.724. The summed E-state index contributed by atoms with van der Waals surface area (Å²) in [6, 6.07) is 0. The first kappa shape index (κ1) is 49.9. The first-order valence-corrected chi connectivity index (χ1v) is 17.5. The molecule has 0 unspecified atom stereocenters. The zero-order valence-corrected chi connectivity index (χ0v) is 32.8. The maximum Gasteiger partial charge on any atom is 0.367 e. The van der Waals surface area contributed by atoms with Crippen molar-refractivity contribution in [2.24, 2.45) is 5.41 Å². The maximum absolute atomic E-state index is 11.9. The highest BCUT2D eigenvalue weighted by Gasteiger charge is 2.51. The van der Waals surface area contributed by atoms with Crippen LogP contribution in [0.25, 0.3) is 0 Å². The molecule has 0 radical (unpaired) electrons. The molecule has 12 nitrogen and oxygen atoms in total. The lowest BCUT2D eigenvalue weighted by molar-refractivity contribution is -0.475. The molecule has 4 aliphatic rings. The molecule has 0 aromatic heterocycles. The van der Waals surface area contributed by atoms with Gasteiger partial charge in [0.1, 0.15) is 5.78 Å². The number of hydrogen-bond acceptors (Lipinski definition) is 9. The second kappa shape index (κ2) is 22.6. The first-order chi connectivity index (χ1) is 21.6. The van der Waals surface area contributed by atoms with Crippen LogP contribution in [0.3, 0.4) is 0 Å². The minimum Gasteiger partial charge on any atom is -1.00 e. The van der Waals surface area contributed by atoms with E-state index in [0.717, 1.165) is 57.8 Å². The van der Waals surface area contributed by atoms with Crippen molar-refractivity contribution in [1.82, 2.24) is 0 Å². The molecule has 1 saturated heterocycles. The van der Waals surface area contributed by atoms with Crippen LogP contribution in [0.1, 0.15) is 131 Å². The van der Waals surface area contributed by atoms with Gasteiger partial charge in [0.25, 0.3) is 0 Å². The Morgan fingerprint density at radius 3 is 1.20 bits per heavy atom. The van der Waals surface area contributed by atoms with E-state index in [4.69, 9.17) is 23.7 Å². The molecule has 3 saturated carbocycles. The molecule has 290 valence electrons. The molecule has 0 aromatic carbocycles. The molecule has 3 aliphatic carbocycles. The third-order valence-electron chi connectivity index (χ3n) is 9.72. The zero-order chi connectivity index (χ0) is 34.5. The average Bonchev–Trinajstić information content (AvgIpc) is 3.51. The van der Waals surface area contributed by atoms with Gasteiger partial charge in [0.2, 0.25) is 0 Å². The van der Waals surface area contributed by atoms with Gasteiger partial charge in [0, 0.05) is 64.2 Å². The number of halogens is 3. The lowest BCUT2D eigenvalue weighted by Crippen LogP contribution is -3.00. The fourth-order valence-electron chi connectivity index (χ4n) is 5.96. The summed E-state index contributed by atoms with van der Waals surface area (Å²) in [6.45, 7) is 13.2. The fraction of sp³-hybridized carbons (Fsp3) is 0.882. The van der Waals surface area contributed by atoms with Crippen LogP contribution in [-0.2, 0) is 42.9 Å². The second-order valence-electron chi connectivity index (χ2n) is 14.6. The lowest BCUT2D eigenvalue weighted by atomic mass is 9.70. The molecule has 0 aromatic rings. The molecule has 4 fully saturated rings. The molecule has 49 heavy (non-hydrogen) atoms. The topological polar surface area (TPSA) is 197 Å². The van der Waals surface area contributed by atoms with Gasteiger partial charge in [-0.1, -0.05) is 34.6 Å². The number of quaternary nitrogens is 3. The van der Waals surface area contributed by atoms with Gasteiger partial charge >= 0.3 is 17.9 Å². The summed E-state index contributed by atoms with van der Waals surface area (Å²) in [7, 11) is 0. The summed E-state index contributed by atoms with van der Waals surface area (Å²) in [5.41, 5.74) is 10.6. The standard InChI is InChI=1S/C12H21NO4.C12H23NO2.C10H17NO3.3ClH/c1-2-7-15-10(14)11(13)3-5-12(6-4-11)16-8-9-17-12;1-4-9-15-10(14)12(13)7-5-11(2,3)6-8-12;1-2-7-14-9(13)10(11)5-3-8(12)4-6-10;;;/h2-9,13H2,1H3;4-9,13H2,1-3H3;2-7,11H2,1H3;3*1H. The van der Waals surface area contributed by atoms with Gasteiger partial charge in [-0.25, -0.2) is 14.4 Å². The van der Waals surface area contributed by atoms with E-state index in [-0.39, 0.29) is 60.9 Å². The Bertz CT molecular complexity index is 996. The summed E-state index contributed by atoms with van der Waals surface area (Å²) in [5, 5.41) is 0. The van der Waals surface area contributed by atoms with Crippen LogP contribution in [0.15, 0.2) is 0 Å². The number of hydrogen-bond donors (Lipinski definition) is 3. The highest BCUT2D eigenvalue weighted by Crippen LogP contribution is 2.40. The van der Waals surface area contributed by atoms with Gasteiger partial charge in [-0.05, 0) is 37.5 Å². The van der Waals surface area contributed by atoms with Gasteiger partial charge in [-0.3, -0.25) is 4.79 Å². The van der Waals surface area contributed by atoms with Gasteiger partial charge in [-0.15, -0.1) is 0 Å². The summed E-state index contributed by atoms with van der Waals surface area (Å²) < 4.78 is 26.7. The molecule has 4 rings (SSSR count). The molecule has 1 aliphatic heterocycles. The Kier molecular flexibility index (Phi) is 23.0. The predicted molar refractivity (Wildman–Crippen MR) is 169 cm³/mol. The Hall–Kier alpha value is -1.25. The van der Waals surface area contributed by atoms with Crippen molar-refractivity contribution in [2.75, 3.05) is 33.0 Å². The molecule has 1 heterocycles. The number of esters is 3. The Labute approximate surface area is 311 Å². The fourth-order valence-corrected chi connectivity index (χ4v) is 5.96. The van der Waals surface area contributed by atoms with Crippen molar-refractivity contribution in [3.63, 3.8) is 0 Å². The van der Waals surface area contributed by atoms with Gasteiger partial charge in [-0.2, -0.15) is 0 Å². The van der Waals surface area contributed by atoms with Crippen molar-refractivity contribution in [1.29, 1.82) is 0 Å². The Morgan fingerprint density at radius 1 is 0.571 bits per heavy atom. The number of ketones is 1. The Morgan fingerprint density at radius 2 is 0.878 bits per heavy atom. The van der Waals surface area contributed by atoms with Gasteiger partial charge in [0.05, 0.1) is 33.0 Å². The third kappa shape index (κ3) is 15.5. The average molecular weight is 765 g/mol. The summed E-state index contributed by atoms with van der Waals surface area (Å²) in [6.07, 6.45) is 11.2. The highest BCUT2D eigenvalue weighted by atomic mass is 35.5. The van der Waals surface area contributed by atoms with Crippen LogP contribution in [0.2, 0.25) is 0 Å². The lowest BCUT2D eigenvalue weighted by Gasteiger charge is -2.37. The quantitative estimate of drug-likeness (QED) is 0.151. The Balaban J connectivity index is 0. The van der Waals surface area contributed by atoms with Crippen molar-refractivity contribution in [2.45, 2.75) is 153 Å². The van der Waals surface area contributed by atoms with E-state index in [1.807, 2.05) is 20.8 Å². The normalized spacial score (nSPS) is 24.0. The van der Waals surface area contributed by atoms with Crippen LogP contribution in [0, 0.1) is 5.41 Å². The minimum atomic E-state index is -0.664. The second-order valence-corrected chi connectivity index (χ2v) is 14.6. The third-order valence-corrected chi connectivity index (χ3v) is 9.72. The summed E-state index contributed by atoms with van der Waals surface area (Å²) in [4.78, 5) is 46.3. The van der Waals surface area contributed by atoms with Crippen molar-refractivity contribution in [3.8, 4) is 0 Å². The zero-order valence-electron chi connectivity index (χ0n) is 30.6. The van der Waals surface area contributed by atoms with Crippen molar-refractivity contribution in [3.05, 3.63) is 0 Å². The van der Waals surface area contributed by atoms with Gasteiger partial charge in [0.15, 0.2) is 22.4 Å². The van der Waals surface area contributed by atoms with E-state index in [2.05, 4.69) is 31.0 Å². The van der Waals surface area contributed by atoms with E-state index in [1.54, 1.807) is 0 Å². The van der Waals surface area contributed by atoms with E-state index in [0.29, 0.717) is 77.0 Å².